The highest BCUT2D eigenvalue weighted by Gasteiger charge is 2.27. The molecule has 1 heterocycles. The van der Waals surface area contributed by atoms with Gasteiger partial charge in [0.05, 0.1) is 0 Å². The molecule has 1 amide bonds. The lowest BCUT2D eigenvalue weighted by Crippen LogP contribution is -2.53. The summed E-state index contributed by atoms with van der Waals surface area (Å²) in [5, 5.41) is 3.26. The van der Waals surface area contributed by atoms with Crippen LogP contribution in [0.2, 0.25) is 0 Å². The number of rotatable bonds is 3. The number of amides is 1. The van der Waals surface area contributed by atoms with Gasteiger partial charge < -0.3 is 10.2 Å². The number of carbonyl (C=O) groups excluding carboxylic acids is 1. The van der Waals surface area contributed by atoms with Crippen LogP contribution in [-0.2, 0) is 11.2 Å². The summed E-state index contributed by atoms with van der Waals surface area (Å²) in [6.07, 6.45) is 0.460. The first-order chi connectivity index (χ1) is 9.09. The first-order valence-corrected chi connectivity index (χ1v) is 6.84. The van der Waals surface area contributed by atoms with Crippen LogP contribution < -0.4 is 5.32 Å². The van der Waals surface area contributed by atoms with Crippen LogP contribution in [0.5, 0.6) is 0 Å². The fourth-order valence-corrected chi connectivity index (χ4v) is 2.53. The standard InChI is InChI=1S/C15H21FN2O/c1-11(9-13-5-3-4-6-14(13)16)15(19)18-8-7-17-10-12(18)2/h3-6,11-12,17H,7-10H2,1-2H3. The van der Waals surface area contributed by atoms with Gasteiger partial charge in [-0.25, -0.2) is 4.39 Å². The molecule has 0 saturated carbocycles. The lowest BCUT2D eigenvalue weighted by Gasteiger charge is -2.35. The van der Waals surface area contributed by atoms with Gasteiger partial charge in [-0.1, -0.05) is 25.1 Å². The Labute approximate surface area is 113 Å². The van der Waals surface area contributed by atoms with Crippen molar-refractivity contribution in [2.75, 3.05) is 19.6 Å². The highest BCUT2D eigenvalue weighted by Crippen LogP contribution is 2.16. The average Bonchev–Trinajstić information content (AvgIpc) is 2.41. The first kappa shape index (κ1) is 14.0. The summed E-state index contributed by atoms with van der Waals surface area (Å²) < 4.78 is 13.6. The molecule has 0 aliphatic carbocycles. The Kier molecular flexibility index (Phi) is 4.53. The molecule has 1 N–H and O–H groups in total. The minimum Gasteiger partial charge on any atom is -0.337 e. The van der Waals surface area contributed by atoms with Crippen LogP contribution in [0, 0.1) is 11.7 Å². The summed E-state index contributed by atoms with van der Waals surface area (Å²) in [6, 6.07) is 6.89. The number of halogens is 1. The third-order valence-electron chi connectivity index (χ3n) is 3.69. The first-order valence-electron chi connectivity index (χ1n) is 6.84. The minimum atomic E-state index is -0.226. The maximum atomic E-state index is 13.6. The van der Waals surface area contributed by atoms with E-state index < -0.39 is 0 Å². The molecule has 0 radical (unpaired) electrons. The molecule has 1 aliphatic rings. The highest BCUT2D eigenvalue weighted by atomic mass is 19.1. The maximum Gasteiger partial charge on any atom is 0.226 e. The van der Waals surface area contributed by atoms with Crippen molar-refractivity contribution in [2.45, 2.75) is 26.3 Å². The van der Waals surface area contributed by atoms with Crippen LogP contribution in [0.25, 0.3) is 0 Å². The molecule has 3 nitrogen and oxygen atoms in total. The second-order valence-corrected chi connectivity index (χ2v) is 5.28. The van der Waals surface area contributed by atoms with Crippen LogP contribution in [0.1, 0.15) is 19.4 Å². The number of benzene rings is 1. The van der Waals surface area contributed by atoms with E-state index in [9.17, 15) is 9.18 Å². The lowest BCUT2D eigenvalue weighted by molar-refractivity contribution is -0.137. The van der Waals surface area contributed by atoms with Crippen molar-refractivity contribution < 1.29 is 9.18 Å². The van der Waals surface area contributed by atoms with Gasteiger partial charge >= 0.3 is 0 Å². The van der Waals surface area contributed by atoms with Crippen LogP contribution in [0.3, 0.4) is 0 Å². The number of carbonyl (C=O) groups is 1. The molecule has 4 heteroatoms. The Bertz CT molecular complexity index is 450. The molecule has 2 atom stereocenters. The van der Waals surface area contributed by atoms with Gasteiger partial charge in [0.1, 0.15) is 5.82 Å². The molecule has 1 aromatic rings. The van der Waals surface area contributed by atoms with Gasteiger partial charge in [0.2, 0.25) is 5.91 Å². The Morgan fingerprint density at radius 1 is 1.53 bits per heavy atom. The predicted molar refractivity (Wildman–Crippen MR) is 73.3 cm³/mol. The summed E-state index contributed by atoms with van der Waals surface area (Å²) in [6.45, 7) is 6.33. The molecule has 1 saturated heterocycles. The minimum absolute atomic E-state index is 0.122. The van der Waals surface area contributed by atoms with Crippen molar-refractivity contribution in [1.29, 1.82) is 0 Å². The fourth-order valence-electron chi connectivity index (χ4n) is 2.53. The van der Waals surface area contributed by atoms with Crippen LogP contribution in [-0.4, -0.2) is 36.5 Å². The Morgan fingerprint density at radius 3 is 2.95 bits per heavy atom. The maximum absolute atomic E-state index is 13.6. The van der Waals surface area contributed by atoms with Crippen molar-refractivity contribution in [3.05, 3.63) is 35.6 Å². The molecule has 19 heavy (non-hydrogen) atoms. The molecule has 1 aliphatic heterocycles. The van der Waals surface area contributed by atoms with Gasteiger partial charge in [-0.05, 0) is 25.0 Å². The van der Waals surface area contributed by atoms with E-state index in [0.717, 1.165) is 19.6 Å². The summed E-state index contributed by atoms with van der Waals surface area (Å²) in [4.78, 5) is 14.3. The molecule has 2 unspecified atom stereocenters. The Hall–Kier alpha value is -1.42. The number of nitrogens with zero attached hydrogens (tertiary/aromatic N) is 1. The van der Waals surface area contributed by atoms with Crippen LogP contribution in [0.4, 0.5) is 4.39 Å². The molecule has 1 fully saturated rings. The zero-order chi connectivity index (χ0) is 13.8. The summed E-state index contributed by atoms with van der Waals surface area (Å²) in [5.74, 6) is -0.287. The van der Waals surface area contributed by atoms with E-state index in [1.807, 2.05) is 24.8 Å². The predicted octanol–water partition coefficient (Wildman–Crippen LogP) is 1.82. The Balaban J connectivity index is 2.01. The zero-order valence-electron chi connectivity index (χ0n) is 11.5. The number of hydrogen-bond donors (Lipinski definition) is 1. The summed E-state index contributed by atoms with van der Waals surface area (Å²) >= 11 is 0. The van der Waals surface area contributed by atoms with E-state index >= 15 is 0 Å². The van der Waals surface area contributed by atoms with Gasteiger partial charge in [0, 0.05) is 31.6 Å². The van der Waals surface area contributed by atoms with E-state index in [-0.39, 0.29) is 23.7 Å². The lowest BCUT2D eigenvalue weighted by atomic mass is 9.98. The molecule has 0 bridgehead atoms. The SMILES string of the molecule is CC(Cc1ccccc1F)C(=O)N1CCNCC1C. The molecular formula is C15H21FN2O. The number of piperazine rings is 1. The second kappa shape index (κ2) is 6.15. The summed E-state index contributed by atoms with van der Waals surface area (Å²) in [5.41, 5.74) is 0.617. The third-order valence-corrected chi connectivity index (χ3v) is 3.69. The Morgan fingerprint density at radius 2 is 2.26 bits per heavy atom. The number of hydrogen-bond acceptors (Lipinski definition) is 2. The van der Waals surface area contributed by atoms with Crippen LogP contribution in [0.15, 0.2) is 24.3 Å². The fraction of sp³-hybridized carbons (Fsp3) is 0.533. The van der Waals surface area contributed by atoms with Crippen molar-refractivity contribution in [2.24, 2.45) is 5.92 Å². The van der Waals surface area contributed by atoms with Crippen molar-refractivity contribution >= 4 is 5.91 Å². The molecule has 0 spiro atoms. The molecular weight excluding hydrogens is 243 g/mol. The molecule has 1 aromatic carbocycles. The zero-order valence-corrected chi connectivity index (χ0v) is 11.5. The smallest absolute Gasteiger partial charge is 0.226 e. The molecule has 2 rings (SSSR count). The van der Waals surface area contributed by atoms with E-state index in [1.165, 1.54) is 6.07 Å². The van der Waals surface area contributed by atoms with E-state index in [4.69, 9.17) is 0 Å². The van der Waals surface area contributed by atoms with Gasteiger partial charge in [0.25, 0.3) is 0 Å². The highest BCUT2D eigenvalue weighted by molar-refractivity contribution is 5.79. The van der Waals surface area contributed by atoms with Gasteiger partial charge in [-0.15, -0.1) is 0 Å². The van der Waals surface area contributed by atoms with Crippen molar-refractivity contribution in [3.63, 3.8) is 0 Å². The van der Waals surface area contributed by atoms with Crippen molar-refractivity contribution in [1.82, 2.24) is 10.2 Å². The van der Waals surface area contributed by atoms with Gasteiger partial charge in [0.15, 0.2) is 0 Å². The summed E-state index contributed by atoms with van der Waals surface area (Å²) in [7, 11) is 0. The van der Waals surface area contributed by atoms with E-state index in [1.54, 1.807) is 12.1 Å². The number of nitrogens with one attached hydrogen (secondary N) is 1. The van der Waals surface area contributed by atoms with Crippen LogP contribution >= 0.6 is 0 Å². The normalized spacial score (nSPS) is 21.2. The quantitative estimate of drug-likeness (QED) is 0.903. The monoisotopic (exact) mass is 264 g/mol. The molecule has 104 valence electrons. The second-order valence-electron chi connectivity index (χ2n) is 5.28. The largest absolute Gasteiger partial charge is 0.337 e. The third kappa shape index (κ3) is 3.32. The molecule has 0 aromatic heterocycles. The van der Waals surface area contributed by atoms with Gasteiger partial charge in [-0.2, -0.15) is 0 Å². The average molecular weight is 264 g/mol. The van der Waals surface area contributed by atoms with Gasteiger partial charge in [-0.3, -0.25) is 4.79 Å². The van der Waals surface area contributed by atoms with E-state index in [2.05, 4.69) is 5.32 Å². The van der Waals surface area contributed by atoms with E-state index in [0.29, 0.717) is 12.0 Å². The van der Waals surface area contributed by atoms with Crippen molar-refractivity contribution in [3.8, 4) is 0 Å². The topological polar surface area (TPSA) is 32.3 Å².